The lowest BCUT2D eigenvalue weighted by Gasteiger charge is -2.45. The molecule has 0 unspecified atom stereocenters. The molecule has 3 nitrogen and oxygen atoms in total. The van der Waals surface area contributed by atoms with Gasteiger partial charge in [0.25, 0.3) is 0 Å². The van der Waals surface area contributed by atoms with E-state index in [0.29, 0.717) is 0 Å². The standard InChI is InChI=1S/C10H28NO2PSi2/c1-9-12-14(13-10-2)11(15(3,4)5)16(6,7)8/h9-10H2,1-8H3. The van der Waals surface area contributed by atoms with Crippen molar-refractivity contribution in [2.45, 2.75) is 53.1 Å². The molecule has 0 saturated carbocycles. The van der Waals surface area contributed by atoms with Gasteiger partial charge in [0.15, 0.2) is 0 Å². The summed E-state index contributed by atoms with van der Waals surface area (Å²) >= 11 is 0. The molecule has 0 aromatic rings. The zero-order valence-corrected chi connectivity index (χ0v) is 15.0. The van der Waals surface area contributed by atoms with Gasteiger partial charge >= 0.3 is 0 Å². The molecule has 98 valence electrons. The Kier molecular flexibility index (Phi) is 6.92. The Morgan fingerprint density at radius 1 is 0.812 bits per heavy atom. The van der Waals surface area contributed by atoms with E-state index in [4.69, 9.17) is 9.05 Å². The lowest BCUT2D eigenvalue weighted by atomic mass is 10.9. The normalized spacial score (nSPS) is 13.9. The lowest BCUT2D eigenvalue weighted by molar-refractivity contribution is 0.254. The van der Waals surface area contributed by atoms with E-state index in [1.54, 1.807) is 0 Å². The molecule has 0 aliphatic heterocycles. The summed E-state index contributed by atoms with van der Waals surface area (Å²) in [6, 6.07) is 0. The van der Waals surface area contributed by atoms with Crippen molar-refractivity contribution < 1.29 is 9.05 Å². The first-order valence-electron chi connectivity index (χ1n) is 6.00. The van der Waals surface area contributed by atoms with Crippen molar-refractivity contribution in [3.8, 4) is 0 Å². The molecule has 0 spiro atoms. The molecule has 0 heterocycles. The molecule has 0 aromatic carbocycles. The molecule has 6 heteroatoms. The van der Waals surface area contributed by atoms with E-state index in [9.17, 15) is 0 Å². The molecule has 0 N–H and O–H groups in total. The van der Waals surface area contributed by atoms with Crippen LogP contribution in [0.3, 0.4) is 0 Å². The maximum Gasteiger partial charge on any atom is 0.244 e. The number of hydrogen-bond donors (Lipinski definition) is 0. The van der Waals surface area contributed by atoms with Crippen LogP contribution < -0.4 is 0 Å². The third kappa shape index (κ3) is 5.38. The van der Waals surface area contributed by atoms with Crippen LogP contribution in [-0.2, 0) is 9.05 Å². The van der Waals surface area contributed by atoms with Crippen LogP contribution in [0.4, 0.5) is 0 Å². The third-order valence-electron chi connectivity index (χ3n) is 1.91. The van der Waals surface area contributed by atoms with E-state index in [-0.39, 0.29) is 0 Å². The molecule has 0 fully saturated rings. The van der Waals surface area contributed by atoms with Gasteiger partial charge in [-0.1, -0.05) is 39.3 Å². The quantitative estimate of drug-likeness (QED) is 0.514. The maximum absolute atomic E-state index is 5.84. The van der Waals surface area contributed by atoms with Gasteiger partial charge in [0, 0.05) is 0 Å². The zero-order chi connectivity index (χ0) is 13.0. The zero-order valence-electron chi connectivity index (χ0n) is 12.1. The van der Waals surface area contributed by atoms with Crippen molar-refractivity contribution in [1.82, 2.24) is 4.00 Å². The van der Waals surface area contributed by atoms with Crippen molar-refractivity contribution in [2.24, 2.45) is 0 Å². The highest BCUT2D eigenvalue weighted by molar-refractivity contribution is 7.50. The van der Waals surface area contributed by atoms with Crippen molar-refractivity contribution in [2.75, 3.05) is 13.2 Å². The molecule has 0 aliphatic rings. The molecule has 0 aliphatic carbocycles. The average Bonchev–Trinajstić information content (AvgIpc) is 1.99. The minimum atomic E-state index is -1.39. The first-order valence-corrected chi connectivity index (χ1v) is 14.0. The highest BCUT2D eigenvalue weighted by atomic mass is 31.2. The van der Waals surface area contributed by atoms with Crippen LogP contribution in [0, 0.1) is 0 Å². The molecular formula is C10H28NO2PSi2. The fourth-order valence-electron chi connectivity index (χ4n) is 1.87. The van der Waals surface area contributed by atoms with Gasteiger partial charge in [-0.05, 0) is 13.8 Å². The van der Waals surface area contributed by atoms with E-state index in [2.05, 4.69) is 43.3 Å². The summed E-state index contributed by atoms with van der Waals surface area (Å²) < 4.78 is 14.3. The Labute approximate surface area is 105 Å². The Hall–Kier alpha value is 0.744. The highest BCUT2D eigenvalue weighted by Gasteiger charge is 2.41. The van der Waals surface area contributed by atoms with Gasteiger partial charge in [-0.15, -0.1) is 0 Å². The fraction of sp³-hybridized carbons (Fsp3) is 1.00. The molecule has 0 aromatic heterocycles. The second-order valence-electron chi connectivity index (χ2n) is 5.73. The van der Waals surface area contributed by atoms with Crippen molar-refractivity contribution >= 4 is 25.0 Å². The van der Waals surface area contributed by atoms with Gasteiger partial charge in [0.05, 0.1) is 13.2 Å². The highest BCUT2D eigenvalue weighted by Crippen LogP contribution is 2.49. The summed E-state index contributed by atoms with van der Waals surface area (Å²) in [5, 5.41) is 0. The number of rotatable bonds is 7. The number of nitrogens with zero attached hydrogens (tertiary/aromatic N) is 1. The van der Waals surface area contributed by atoms with Crippen molar-refractivity contribution in [3.63, 3.8) is 0 Å². The summed E-state index contributed by atoms with van der Waals surface area (Å²) in [4.78, 5) is 0. The Morgan fingerprint density at radius 3 is 1.31 bits per heavy atom. The molecule has 0 bridgehead atoms. The van der Waals surface area contributed by atoms with Crippen LogP contribution in [0.5, 0.6) is 0 Å². The van der Waals surface area contributed by atoms with E-state index in [1.165, 1.54) is 0 Å². The summed E-state index contributed by atoms with van der Waals surface area (Å²) in [6.45, 7) is 19.8. The fourth-order valence-corrected chi connectivity index (χ4v) is 15.3. The van der Waals surface area contributed by atoms with Gasteiger partial charge < -0.3 is 9.05 Å². The molecule has 0 radical (unpaired) electrons. The van der Waals surface area contributed by atoms with Gasteiger partial charge in [-0.25, -0.2) is 0 Å². The lowest BCUT2D eigenvalue weighted by Crippen LogP contribution is -2.56. The van der Waals surface area contributed by atoms with Crippen molar-refractivity contribution in [1.29, 1.82) is 0 Å². The molecule has 0 amide bonds. The number of hydrogen-bond acceptors (Lipinski definition) is 3. The van der Waals surface area contributed by atoms with E-state index >= 15 is 0 Å². The smallest absolute Gasteiger partial charge is 0.244 e. The van der Waals surface area contributed by atoms with Crippen LogP contribution in [0.1, 0.15) is 13.8 Å². The topological polar surface area (TPSA) is 21.7 Å². The largest absolute Gasteiger partial charge is 0.323 e. The minimum absolute atomic E-state index is 0.733. The molecule has 0 rings (SSSR count). The monoisotopic (exact) mass is 281 g/mol. The third-order valence-corrected chi connectivity index (χ3v) is 14.3. The first kappa shape index (κ1) is 16.7. The predicted molar refractivity (Wildman–Crippen MR) is 78.7 cm³/mol. The van der Waals surface area contributed by atoms with E-state index in [1.807, 2.05) is 13.8 Å². The molecule has 16 heavy (non-hydrogen) atoms. The summed E-state index contributed by atoms with van der Waals surface area (Å²) in [7, 11) is -3.62. The summed E-state index contributed by atoms with van der Waals surface area (Å²) in [5.41, 5.74) is 0. The van der Waals surface area contributed by atoms with Crippen LogP contribution in [0.15, 0.2) is 0 Å². The van der Waals surface area contributed by atoms with Crippen LogP contribution in [0.25, 0.3) is 0 Å². The van der Waals surface area contributed by atoms with Gasteiger partial charge in [-0.3, -0.25) is 4.00 Å². The van der Waals surface area contributed by atoms with Crippen molar-refractivity contribution in [3.05, 3.63) is 0 Å². The molecule has 0 atom stereocenters. The van der Waals surface area contributed by atoms with Crippen LogP contribution >= 0.6 is 8.53 Å². The maximum atomic E-state index is 5.84. The SMILES string of the molecule is CCOP(OCC)N([Si](C)(C)C)[Si](C)(C)C. The second-order valence-corrected chi connectivity index (χ2v) is 17.9. The van der Waals surface area contributed by atoms with Gasteiger partial charge in [-0.2, -0.15) is 0 Å². The van der Waals surface area contributed by atoms with Gasteiger partial charge in [0.1, 0.15) is 16.5 Å². The molecule has 0 saturated heterocycles. The average molecular weight is 281 g/mol. The second kappa shape index (κ2) is 6.62. The predicted octanol–water partition coefficient (Wildman–Crippen LogP) is 4.26. The summed E-state index contributed by atoms with van der Waals surface area (Å²) in [5.74, 6) is 0. The first-order chi connectivity index (χ1) is 7.14. The van der Waals surface area contributed by atoms with Crippen LogP contribution in [0.2, 0.25) is 39.3 Å². The van der Waals surface area contributed by atoms with Gasteiger partial charge in [0.2, 0.25) is 8.53 Å². The Bertz CT molecular complexity index is 184. The minimum Gasteiger partial charge on any atom is -0.323 e. The molecular weight excluding hydrogens is 253 g/mol. The van der Waals surface area contributed by atoms with Crippen LogP contribution in [-0.4, -0.2) is 33.7 Å². The Morgan fingerprint density at radius 2 is 1.12 bits per heavy atom. The Balaban J connectivity index is 4.97. The van der Waals surface area contributed by atoms with E-state index in [0.717, 1.165) is 13.2 Å². The summed E-state index contributed by atoms with van der Waals surface area (Å²) in [6.07, 6.45) is 0. The van der Waals surface area contributed by atoms with E-state index < -0.39 is 25.0 Å².